The van der Waals surface area contributed by atoms with Crippen molar-refractivity contribution in [1.82, 2.24) is 15.2 Å². The van der Waals surface area contributed by atoms with Crippen LogP contribution in [0.2, 0.25) is 0 Å². The van der Waals surface area contributed by atoms with Gasteiger partial charge in [0.15, 0.2) is 5.78 Å². The number of aliphatic hydroxyl groups excluding tert-OH is 1. The van der Waals surface area contributed by atoms with E-state index >= 15 is 0 Å². The number of phenolic OH excluding ortho intramolecular Hbond substituents is 1. The number of aromatic nitrogens is 1. The van der Waals surface area contributed by atoms with Gasteiger partial charge < -0.3 is 34.7 Å². The maximum atomic E-state index is 13.3. The summed E-state index contributed by atoms with van der Waals surface area (Å²) in [7, 11) is 1.57. The largest absolute Gasteiger partial charge is 0.506 e. The number of rotatable bonds is 16. The summed E-state index contributed by atoms with van der Waals surface area (Å²) >= 11 is 0. The Balaban J connectivity index is 0.935. The van der Waals surface area contributed by atoms with E-state index in [2.05, 4.69) is 15.2 Å². The van der Waals surface area contributed by atoms with Gasteiger partial charge in [-0.25, -0.2) is 0 Å². The molecule has 0 unspecified atom stereocenters. The van der Waals surface area contributed by atoms with Crippen LogP contribution in [0.5, 0.6) is 17.2 Å². The molecule has 11 heteroatoms. The first-order valence-electron chi connectivity index (χ1n) is 18.8. The van der Waals surface area contributed by atoms with Gasteiger partial charge in [-0.05, 0) is 84.4 Å². The van der Waals surface area contributed by atoms with Gasteiger partial charge in [0.1, 0.15) is 30.0 Å². The molecule has 3 atom stereocenters. The highest BCUT2D eigenvalue weighted by Crippen LogP contribution is 2.34. The molecule has 286 valence electrons. The number of H-pyrrole nitrogens is 1. The highest BCUT2D eigenvalue weighted by molar-refractivity contribution is 5.87. The normalized spacial score (nSPS) is 18.8. The summed E-state index contributed by atoms with van der Waals surface area (Å²) in [5.74, 6) is 0.992. The first-order valence-corrected chi connectivity index (χ1v) is 18.8. The number of nitrogens with one attached hydrogen (secondary N) is 2. The minimum absolute atomic E-state index is 0.0477. The molecule has 0 amide bonds. The van der Waals surface area contributed by atoms with Crippen LogP contribution in [0.4, 0.5) is 0 Å². The van der Waals surface area contributed by atoms with Crippen molar-refractivity contribution in [3.8, 4) is 17.2 Å². The number of aromatic amines is 1. The number of aliphatic hydroxyl groups is 1. The van der Waals surface area contributed by atoms with Crippen molar-refractivity contribution >= 4 is 22.7 Å². The molecule has 3 saturated heterocycles. The smallest absolute Gasteiger partial charge is 0.307 e. The SMILES string of the molecule is COc1cc(CC(=O)COc2cccc([C@@H](CC(=O)O[C@H]3CN4CCC3CC4)c3ccccc3)c2)ccc1CNC[C@H](O)c1ccc(O)c2[nH]c(=O)ccc12. The fourth-order valence-corrected chi connectivity index (χ4v) is 7.85. The topological polar surface area (TPSA) is 150 Å². The molecule has 4 N–H and O–H groups in total. The quantitative estimate of drug-likeness (QED) is 0.0966. The number of fused-ring (bicyclic) bond motifs is 4. The van der Waals surface area contributed by atoms with Crippen LogP contribution >= 0.6 is 0 Å². The minimum Gasteiger partial charge on any atom is -0.506 e. The third-order valence-corrected chi connectivity index (χ3v) is 10.8. The number of aromatic hydroxyl groups is 1. The highest BCUT2D eigenvalue weighted by Gasteiger charge is 2.37. The Morgan fingerprint density at radius 1 is 0.945 bits per heavy atom. The summed E-state index contributed by atoms with van der Waals surface area (Å²) in [6.45, 7) is 3.46. The lowest BCUT2D eigenvalue weighted by Crippen LogP contribution is -2.52. The van der Waals surface area contributed by atoms with Gasteiger partial charge in [-0.15, -0.1) is 0 Å². The second kappa shape index (κ2) is 17.3. The third kappa shape index (κ3) is 9.25. The lowest BCUT2D eigenvalue weighted by Gasteiger charge is -2.44. The fourth-order valence-electron chi connectivity index (χ4n) is 7.85. The third-order valence-electron chi connectivity index (χ3n) is 10.8. The molecule has 3 fully saturated rings. The van der Waals surface area contributed by atoms with E-state index in [1.807, 2.05) is 72.8 Å². The van der Waals surface area contributed by atoms with Gasteiger partial charge in [-0.3, -0.25) is 19.3 Å². The molecule has 5 aromatic rings. The lowest BCUT2D eigenvalue weighted by atomic mass is 9.85. The molecule has 0 spiro atoms. The first-order chi connectivity index (χ1) is 26.7. The number of nitrogens with zero attached hydrogens (tertiary/aromatic N) is 1. The van der Waals surface area contributed by atoms with Gasteiger partial charge >= 0.3 is 5.97 Å². The summed E-state index contributed by atoms with van der Waals surface area (Å²) < 4.78 is 17.7. The van der Waals surface area contributed by atoms with E-state index in [9.17, 15) is 24.6 Å². The average Bonchev–Trinajstić information content (AvgIpc) is 3.20. The van der Waals surface area contributed by atoms with Crippen LogP contribution in [0.1, 0.15) is 59.1 Å². The number of ether oxygens (including phenoxy) is 3. The van der Waals surface area contributed by atoms with Crippen molar-refractivity contribution in [1.29, 1.82) is 0 Å². The van der Waals surface area contributed by atoms with E-state index in [-0.39, 0.29) is 66.6 Å². The van der Waals surface area contributed by atoms with Crippen molar-refractivity contribution < 1.29 is 34.0 Å². The van der Waals surface area contributed by atoms with Gasteiger partial charge in [0, 0.05) is 49.0 Å². The zero-order valence-electron chi connectivity index (χ0n) is 30.9. The number of piperidine rings is 3. The molecule has 4 heterocycles. The van der Waals surface area contributed by atoms with Crippen LogP contribution in [0.25, 0.3) is 10.9 Å². The number of ketones is 1. The molecule has 0 saturated carbocycles. The number of methoxy groups -OCH3 is 1. The average molecular weight is 746 g/mol. The second-order valence-corrected chi connectivity index (χ2v) is 14.5. The lowest BCUT2D eigenvalue weighted by molar-refractivity contribution is -0.159. The van der Waals surface area contributed by atoms with Crippen LogP contribution in [0, 0.1) is 5.92 Å². The van der Waals surface area contributed by atoms with Crippen LogP contribution in [0.15, 0.2) is 102 Å². The molecule has 11 nitrogen and oxygen atoms in total. The maximum Gasteiger partial charge on any atom is 0.307 e. The minimum atomic E-state index is -0.905. The van der Waals surface area contributed by atoms with Crippen LogP contribution < -0.4 is 20.3 Å². The molecule has 2 bridgehead atoms. The Morgan fingerprint density at radius 2 is 1.75 bits per heavy atom. The summed E-state index contributed by atoms with van der Waals surface area (Å²) in [6, 6.07) is 29.1. The molecule has 1 aromatic heterocycles. The first kappa shape index (κ1) is 37.8. The summed E-state index contributed by atoms with van der Waals surface area (Å²) in [4.78, 5) is 43.2. The van der Waals surface area contributed by atoms with Gasteiger partial charge in [-0.1, -0.05) is 60.7 Å². The number of esters is 1. The van der Waals surface area contributed by atoms with Crippen molar-refractivity contribution in [2.24, 2.45) is 5.92 Å². The number of hydrogen-bond donors (Lipinski definition) is 4. The molecule has 55 heavy (non-hydrogen) atoms. The van der Waals surface area contributed by atoms with Gasteiger partial charge in [0.25, 0.3) is 0 Å². The van der Waals surface area contributed by atoms with Gasteiger partial charge in [0.05, 0.1) is 25.2 Å². The zero-order valence-corrected chi connectivity index (χ0v) is 30.9. The van der Waals surface area contributed by atoms with Crippen molar-refractivity contribution in [2.75, 3.05) is 39.9 Å². The van der Waals surface area contributed by atoms with E-state index in [1.165, 1.54) is 12.1 Å². The number of pyridine rings is 1. The molecule has 3 aliphatic rings. The number of hydrogen-bond acceptors (Lipinski definition) is 10. The van der Waals surface area contributed by atoms with Crippen LogP contribution in [-0.2, 0) is 27.3 Å². The zero-order chi connectivity index (χ0) is 38.3. The second-order valence-electron chi connectivity index (χ2n) is 14.5. The molecular formula is C44H47N3O8. The Labute approximate surface area is 319 Å². The van der Waals surface area contributed by atoms with Crippen molar-refractivity contribution in [3.05, 3.63) is 135 Å². The number of carbonyl (C=O) groups excluding carboxylic acids is 2. The predicted molar refractivity (Wildman–Crippen MR) is 208 cm³/mol. The van der Waals surface area contributed by atoms with E-state index in [0.29, 0.717) is 34.9 Å². The molecular weight excluding hydrogens is 698 g/mol. The molecule has 0 radical (unpaired) electrons. The van der Waals surface area contributed by atoms with Gasteiger partial charge in [0.2, 0.25) is 5.56 Å². The molecule has 3 aliphatic heterocycles. The van der Waals surface area contributed by atoms with E-state index in [4.69, 9.17) is 14.2 Å². The van der Waals surface area contributed by atoms with E-state index in [1.54, 1.807) is 19.2 Å². The van der Waals surface area contributed by atoms with Gasteiger partial charge in [-0.2, -0.15) is 0 Å². The summed E-state index contributed by atoms with van der Waals surface area (Å²) in [5, 5.41) is 24.9. The number of carbonyl (C=O) groups is 2. The maximum absolute atomic E-state index is 13.3. The number of Topliss-reactive ketones (excluding diaryl/α,β-unsaturated/α-hetero) is 1. The Kier molecular flexibility index (Phi) is 11.9. The Morgan fingerprint density at radius 3 is 2.51 bits per heavy atom. The monoisotopic (exact) mass is 745 g/mol. The van der Waals surface area contributed by atoms with E-state index in [0.717, 1.165) is 54.7 Å². The number of phenols is 1. The molecule has 0 aliphatic carbocycles. The van der Waals surface area contributed by atoms with Crippen molar-refractivity contribution in [2.45, 2.75) is 50.4 Å². The molecule has 8 rings (SSSR count). The Bertz CT molecular complexity index is 2180. The Hall–Kier alpha value is -5.49. The predicted octanol–water partition coefficient (Wildman–Crippen LogP) is 5.42. The number of benzene rings is 4. The standard InChI is InChI=1S/C44H47N3O8/c1-53-40-21-28(10-11-32(40)24-45-25-39(50)35-12-14-38(49)44-36(35)13-15-42(51)46-44)20-33(48)27-54-34-9-5-8-31(22-34)37(29-6-3-2-4-7-29)23-43(52)55-41-26-47-18-16-30(41)17-19-47/h2-15,21-22,30,37,39,41,45,49-50H,16-20,23-27H2,1H3,(H,46,51)/t37-,39-,41-/m0/s1. The summed E-state index contributed by atoms with van der Waals surface area (Å²) in [5.41, 5.74) is 4.05. The molecule has 4 aromatic carbocycles. The van der Waals surface area contributed by atoms with Crippen LogP contribution in [-0.4, -0.2) is 77.8 Å². The fraction of sp³-hybridized carbons (Fsp3) is 0.341. The summed E-state index contributed by atoms with van der Waals surface area (Å²) in [6.07, 6.45) is 1.56. The van der Waals surface area contributed by atoms with E-state index < -0.39 is 6.10 Å². The highest BCUT2D eigenvalue weighted by atomic mass is 16.5. The van der Waals surface area contributed by atoms with Crippen molar-refractivity contribution in [3.63, 3.8) is 0 Å². The van der Waals surface area contributed by atoms with Crippen LogP contribution in [0.3, 0.4) is 0 Å².